The molecule has 9 nitrogen and oxygen atoms in total. The molecule has 198 valence electrons. The van der Waals surface area contributed by atoms with Gasteiger partial charge in [-0.05, 0) is 46.5 Å². The van der Waals surface area contributed by atoms with Gasteiger partial charge in [-0.3, -0.25) is 14.4 Å². The zero-order chi connectivity index (χ0) is 25.9. The molecule has 2 saturated heterocycles. The Bertz CT molecular complexity index is 1050. The number of hydrogen-bond acceptors (Lipinski definition) is 7. The molecule has 0 aliphatic carbocycles. The van der Waals surface area contributed by atoms with E-state index in [9.17, 15) is 18.0 Å². The van der Waals surface area contributed by atoms with Crippen molar-refractivity contribution >= 4 is 23.4 Å². The number of carbonyl (C=O) groups excluding carboxylic acids is 1. The molecule has 2 aromatic heterocycles. The summed E-state index contributed by atoms with van der Waals surface area (Å²) in [5, 5.41) is 10.5. The second kappa shape index (κ2) is 11.0. The molecule has 2 fully saturated rings. The maximum atomic E-state index is 13.6. The fourth-order valence-corrected chi connectivity index (χ4v) is 4.72. The van der Waals surface area contributed by atoms with Gasteiger partial charge in [0.25, 0.3) is 0 Å². The molecule has 1 amide bonds. The predicted molar refractivity (Wildman–Crippen MR) is 131 cm³/mol. The van der Waals surface area contributed by atoms with Gasteiger partial charge in [-0.1, -0.05) is 0 Å². The highest BCUT2D eigenvalue weighted by Crippen LogP contribution is 2.34. The molecule has 12 heteroatoms. The van der Waals surface area contributed by atoms with Crippen LogP contribution in [0.1, 0.15) is 63.3 Å². The number of nitrogens with one attached hydrogen (secondary N) is 2. The molecule has 0 spiro atoms. The molecule has 0 unspecified atom stereocenters. The van der Waals surface area contributed by atoms with Gasteiger partial charge in [0.15, 0.2) is 0 Å². The number of amides is 1. The lowest BCUT2D eigenvalue weighted by molar-refractivity contribution is -0.137. The van der Waals surface area contributed by atoms with Crippen LogP contribution in [0.3, 0.4) is 0 Å². The lowest BCUT2D eigenvalue weighted by Gasteiger charge is -2.26. The molecule has 2 aliphatic heterocycles. The van der Waals surface area contributed by atoms with E-state index >= 15 is 0 Å². The molecule has 2 aromatic rings. The summed E-state index contributed by atoms with van der Waals surface area (Å²) in [5.41, 5.74) is 0.462. The Morgan fingerprint density at radius 2 is 2.03 bits per heavy atom. The summed E-state index contributed by atoms with van der Waals surface area (Å²) in [6, 6.07) is 0.718. The smallest absolute Gasteiger partial charge is 0.369 e. The largest absolute Gasteiger partial charge is 0.421 e. The molecule has 0 saturated carbocycles. The summed E-state index contributed by atoms with van der Waals surface area (Å²) in [6.45, 7) is 9.58. The van der Waals surface area contributed by atoms with Crippen molar-refractivity contribution in [2.24, 2.45) is 0 Å². The van der Waals surface area contributed by atoms with Crippen LogP contribution in [-0.4, -0.2) is 74.2 Å². The summed E-state index contributed by atoms with van der Waals surface area (Å²) in [7, 11) is 0. The number of alkyl halides is 3. The van der Waals surface area contributed by atoms with Gasteiger partial charge < -0.3 is 15.5 Å². The van der Waals surface area contributed by atoms with Crippen molar-refractivity contribution in [3.63, 3.8) is 0 Å². The van der Waals surface area contributed by atoms with Crippen LogP contribution >= 0.6 is 0 Å². The Hall–Kier alpha value is -2.89. The Kier molecular flexibility index (Phi) is 8.01. The average molecular weight is 509 g/mol. The normalized spacial score (nSPS) is 19.4. The number of aryl methyl sites for hydroxylation is 1. The molecule has 36 heavy (non-hydrogen) atoms. The van der Waals surface area contributed by atoms with Crippen molar-refractivity contribution in [2.45, 2.75) is 71.1 Å². The topological polar surface area (TPSA) is 91.2 Å². The van der Waals surface area contributed by atoms with E-state index in [-0.39, 0.29) is 30.3 Å². The van der Waals surface area contributed by atoms with Gasteiger partial charge in [-0.2, -0.15) is 23.3 Å². The van der Waals surface area contributed by atoms with Gasteiger partial charge >= 0.3 is 6.18 Å². The SMILES string of the molecule is Cc1nn([C@@H]2CCN(C(C)C)C2)cc1Nc1ncc(C(F)(F)F)c(NCCCN2CCCCC2=O)n1. The number of anilines is 3. The highest BCUT2D eigenvalue weighted by molar-refractivity contribution is 5.76. The third-order valence-electron chi connectivity index (χ3n) is 6.88. The van der Waals surface area contributed by atoms with E-state index < -0.39 is 11.7 Å². The first-order valence-electron chi connectivity index (χ1n) is 12.6. The molecule has 4 rings (SSSR count). The van der Waals surface area contributed by atoms with Crippen molar-refractivity contribution < 1.29 is 18.0 Å². The van der Waals surface area contributed by atoms with Crippen LogP contribution < -0.4 is 10.6 Å². The number of halogens is 3. The molecular formula is C24H35F3N8O. The molecule has 2 aliphatic rings. The fraction of sp³-hybridized carbons (Fsp3) is 0.667. The molecule has 0 aromatic carbocycles. The van der Waals surface area contributed by atoms with E-state index in [2.05, 4.69) is 44.4 Å². The maximum Gasteiger partial charge on any atom is 0.421 e. The van der Waals surface area contributed by atoms with Gasteiger partial charge in [-0.15, -0.1) is 0 Å². The van der Waals surface area contributed by atoms with Gasteiger partial charge in [0, 0.05) is 57.6 Å². The minimum Gasteiger partial charge on any atom is -0.369 e. The first-order valence-corrected chi connectivity index (χ1v) is 12.6. The number of hydrogen-bond donors (Lipinski definition) is 2. The summed E-state index contributed by atoms with van der Waals surface area (Å²) in [6.07, 6.45) is 1.99. The van der Waals surface area contributed by atoms with Crippen LogP contribution in [0.4, 0.5) is 30.6 Å². The molecule has 0 bridgehead atoms. The summed E-state index contributed by atoms with van der Waals surface area (Å²) >= 11 is 0. The molecule has 4 heterocycles. The second-order valence-corrected chi connectivity index (χ2v) is 9.84. The predicted octanol–water partition coefficient (Wildman–Crippen LogP) is 4.21. The first kappa shape index (κ1) is 26.2. The summed E-state index contributed by atoms with van der Waals surface area (Å²) in [5.74, 6) is -0.107. The van der Waals surface area contributed by atoms with E-state index in [0.717, 1.165) is 44.2 Å². The van der Waals surface area contributed by atoms with Crippen LogP contribution in [-0.2, 0) is 11.0 Å². The number of piperidine rings is 1. The molecule has 2 N–H and O–H groups in total. The van der Waals surface area contributed by atoms with Crippen molar-refractivity contribution in [3.8, 4) is 0 Å². The minimum atomic E-state index is -4.59. The number of nitrogens with zero attached hydrogens (tertiary/aromatic N) is 6. The van der Waals surface area contributed by atoms with Crippen LogP contribution in [0.5, 0.6) is 0 Å². The lowest BCUT2D eigenvalue weighted by Crippen LogP contribution is -2.36. The van der Waals surface area contributed by atoms with E-state index in [4.69, 9.17) is 0 Å². The molecular weight excluding hydrogens is 473 g/mol. The summed E-state index contributed by atoms with van der Waals surface area (Å²) in [4.78, 5) is 24.2. The first-order chi connectivity index (χ1) is 17.1. The van der Waals surface area contributed by atoms with Gasteiger partial charge in [-0.25, -0.2) is 4.98 Å². The highest BCUT2D eigenvalue weighted by Gasteiger charge is 2.35. The zero-order valence-electron chi connectivity index (χ0n) is 21.1. The van der Waals surface area contributed by atoms with Crippen LogP contribution in [0, 0.1) is 6.92 Å². The highest BCUT2D eigenvalue weighted by atomic mass is 19.4. The number of carbonyl (C=O) groups is 1. The van der Waals surface area contributed by atoms with E-state index in [1.165, 1.54) is 0 Å². The fourth-order valence-electron chi connectivity index (χ4n) is 4.72. The number of likely N-dealkylation sites (tertiary alicyclic amines) is 2. The monoisotopic (exact) mass is 508 g/mol. The van der Waals surface area contributed by atoms with Crippen molar-refractivity contribution in [3.05, 3.63) is 23.7 Å². The quantitative estimate of drug-likeness (QED) is 0.490. The minimum absolute atomic E-state index is 0.0644. The van der Waals surface area contributed by atoms with Crippen LogP contribution in [0.2, 0.25) is 0 Å². The van der Waals surface area contributed by atoms with Crippen molar-refractivity contribution in [1.82, 2.24) is 29.5 Å². The van der Waals surface area contributed by atoms with E-state index in [1.807, 2.05) is 17.8 Å². The van der Waals surface area contributed by atoms with Gasteiger partial charge in [0.05, 0.1) is 17.4 Å². The average Bonchev–Trinajstić information content (AvgIpc) is 3.45. The van der Waals surface area contributed by atoms with Crippen LogP contribution in [0.15, 0.2) is 12.4 Å². The summed E-state index contributed by atoms with van der Waals surface area (Å²) < 4.78 is 42.7. The third kappa shape index (κ3) is 6.26. The number of rotatable bonds is 9. The molecule has 1 atom stereocenters. The Balaban J connectivity index is 1.42. The Morgan fingerprint density at radius 3 is 2.72 bits per heavy atom. The van der Waals surface area contributed by atoms with E-state index in [0.29, 0.717) is 37.7 Å². The Labute approximate surface area is 209 Å². The second-order valence-electron chi connectivity index (χ2n) is 9.84. The van der Waals surface area contributed by atoms with Crippen molar-refractivity contribution in [1.29, 1.82) is 0 Å². The van der Waals surface area contributed by atoms with Crippen LogP contribution in [0.25, 0.3) is 0 Å². The molecule has 0 radical (unpaired) electrons. The standard InChI is InChI=1S/C24H35F3N8O/c1-16(2)34-12-8-18(14-34)35-15-20(17(3)32-35)30-23-29-13-19(24(25,26)27)22(31-23)28-9-6-11-33-10-5-4-7-21(33)36/h13,15-16,18H,4-12,14H2,1-3H3,(H2,28,29,30,31)/t18-/m1/s1. The van der Waals surface area contributed by atoms with Gasteiger partial charge in [0.2, 0.25) is 11.9 Å². The van der Waals surface area contributed by atoms with E-state index in [1.54, 1.807) is 4.90 Å². The van der Waals surface area contributed by atoms with Crippen molar-refractivity contribution in [2.75, 3.05) is 43.4 Å². The Morgan fingerprint density at radius 1 is 1.22 bits per heavy atom. The lowest BCUT2D eigenvalue weighted by atomic mass is 10.1. The zero-order valence-corrected chi connectivity index (χ0v) is 21.1. The third-order valence-corrected chi connectivity index (χ3v) is 6.88. The van der Waals surface area contributed by atoms with Gasteiger partial charge in [0.1, 0.15) is 11.4 Å². The number of aromatic nitrogens is 4. The maximum absolute atomic E-state index is 13.6.